The molecular weight excluding hydrogens is 248 g/mol. The van der Waals surface area contributed by atoms with Crippen molar-refractivity contribution in [2.24, 2.45) is 5.41 Å². The lowest BCUT2D eigenvalue weighted by atomic mass is 9.97. The summed E-state index contributed by atoms with van der Waals surface area (Å²) in [5, 5.41) is 3.93. The van der Waals surface area contributed by atoms with Gasteiger partial charge in [-0.25, -0.2) is 0 Å². The van der Waals surface area contributed by atoms with Gasteiger partial charge < -0.3 is 5.32 Å². The molecule has 20 heavy (non-hydrogen) atoms. The predicted molar refractivity (Wildman–Crippen MR) is 84.9 cm³/mol. The van der Waals surface area contributed by atoms with E-state index in [0.717, 1.165) is 10.9 Å². The summed E-state index contributed by atoms with van der Waals surface area (Å²) >= 11 is 0. The first-order chi connectivity index (χ1) is 9.46. The maximum absolute atomic E-state index is 12.0. The molecule has 1 amide bonds. The lowest BCUT2D eigenvalue weighted by Crippen LogP contribution is -2.32. The maximum Gasteiger partial charge on any atom is 0.251 e. The van der Waals surface area contributed by atoms with E-state index in [4.69, 9.17) is 0 Å². The molecule has 1 heterocycles. The van der Waals surface area contributed by atoms with Crippen molar-refractivity contribution in [3.05, 3.63) is 42.1 Å². The van der Waals surface area contributed by atoms with Crippen molar-refractivity contribution in [3.8, 4) is 0 Å². The van der Waals surface area contributed by atoms with Crippen LogP contribution in [-0.2, 0) is 0 Å². The second-order valence-corrected chi connectivity index (χ2v) is 5.65. The van der Waals surface area contributed by atoms with Crippen molar-refractivity contribution >= 4 is 16.8 Å². The summed E-state index contributed by atoms with van der Waals surface area (Å²) in [7, 11) is 0. The third-order valence-electron chi connectivity index (χ3n) is 2.64. The van der Waals surface area contributed by atoms with Crippen molar-refractivity contribution in [2.75, 3.05) is 6.54 Å². The number of pyridine rings is 1. The molecule has 1 aromatic carbocycles. The summed E-state index contributed by atoms with van der Waals surface area (Å²) < 4.78 is 0. The van der Waals surface area contributed by atoms with Crippen LogP contribution in [0.5, 0.6) is 0 Å². The lowest BCUT2D eigenvalue weighted by molar-refractivity contribution is 0.0939. The number of benzene rings is 1. The van der Waals surface area contributed by atoms with Gasteiger partial charge in [0.05, 0.1) is 5.52 Å². The molecule has 0 atom stereocenters. The van der Waals surface area contributed by atoms with E-state index < -0.39 is 0 Å². The first-order valence-electron chi connectivity index (χ1n) is 7.09. The second-order valence-electron chi connectivity index (χ2n) is 5.65. The number of nitrogens with zero attached hydrogens (tertiary/aromatic N) is 1. The fourth-order valence-corrected chi connectivity index (χ4v) is 1.66. The van der Waals surface area contributed by atoms with Gasteiger partial charge >= 0.3 is 0 Å². The number of carbonyl (C=O) groups excluding carboxylic acids is 1. The monoisotopic (exact) mass is 272 g/mol. The minimum atomic E-state index is -0.0318. The molecule has 1 aromatic heterocycles. The molecule has 0 aliphatic rings. The Labute approximate surface area is 121 Å². The molecule has 3 nitrogen and oxygen atoms in total. The van der Waals surface area contributed by atoms with Gasteiger partial charge in [-0.3, -0.25) is 9.78 Å². The highest BCUT2D eigenvalue weighted by molar-refractivity contribution is 5.97. The summed E-state index contributed by atoms with van der Waals surface area (Å²) in [4.78, 5) is 16.2. The molecular formula is C17H24N2O. The van der Waals surface area contributed by atoms with Crippen molar-refractivity contribution < 1.29 is 4.79 Å². The number of hydrogen-bond donors (Lipinski definition) is 1. The summed E-state index contributed by atoms with van der Waals surface area (Å²) in [5.41, 5.74) is 1.68. The van der Waals surface area contributed by atoms with Crippen LogP contribution >= 0.6 is 0 Å². The van der Waals surface area contributed by atoms with Crippen LogP contribution in [0.15, 0.2) is 36.5 Å². The first-order valence-corrected chi connectivity index (χ1v) is 7.09. The summed E-state index contributed by atoms with van der Waals surface area (Å²) in [5.74, 6) is -0.0318. The summed E-state index contributed by atoms with van der Waals surface area (Å²) in [6, 6.07) is 9.40. The van der Waals surface area contributed by atoms with E-state index in [9.17, 15) is 4.79 Å². The average molecular weight is 272 g/mol. The highest BCUT2D eigenvalue weighted by Crippen LogP contribution is 2.14. The van der Waals surface area contributed by atoms with E-state index in [1.807, 2.05) is 44.2 Å². The van der Waals surface area contributed by atoms with Gasteiger partial charge in [0, 0.05) is 23.7 Å². The van der Waals surface area contributed by atoms with Crippen LogP contribution < -0.4 is 5.32 Å². The van der Waals surface area contributed by atoms with Gasteiger partial charge in [0.25, 0.3) is 5.91 Å². The molecule has 0 bridgehead atoms. The van der Waals surface area contributed by atoms with E-state index in [1.165, 1.54) is 0 Å². The Morgan fingerprint density at radius 1 is 1.20 bits per heavy atom. The van der Waals surface area contributed by atoms with Gasteiger partial charge in [-0.1, -0.05) is 40.7 Å². The van der Waals surface area contributed by atoms with E-state index >= 15 is 0 Å². The topological polar surface area (TPSA) is 42.0 Å². The Morgan fingerprint density at radius 3 is 2.55 bits per heavy atom. The zero-order chi connectivity index (χ0) is 15.2. The molecule has 2 rings (SSSR count). The number of aromatic nitrogens is 1. The quantitative estimate of drug-likeness (QED) is 0.896. The van der Waals surface area contributed by atoms with Crippen molar-refractivity contribution in [1.29, 1.82) is 0 Å². The van der Waals surface area contributed by atoms with Gasteiger partial charge in [-0.05, 0) is 29.7 Å². The fraction of sp³-hybridized carbons (Fsp3) is 0.412. The average Bonchev–Trinajstić information content (AvgIpc) is 2.45. The van der Waals surface area contributed by atoms with E-state index in [0.29, 0.717) is 12.1 Å². The Kier molecular flexibility index (Phi) is 5.68. The number of hydrogen-bond acceptors (Lipinski definition) is 2. The van der Waals surface area contributed by atoms with Gasteiger partial charge in [0.2, 0.25) is 0 Å². The number of amides is 1. The van der Waals surface area contributed by atoms with Gasteiger partial charge in [-0.2, -0.15) is 0 Å². The van der Waals surface area contributed by atoms with Crippen molar-refractivity contribution in [2.45, 2.75) is 34.6 Å². The smallest absolute Gasteiger partial charge is 0.251 e. The van der Waals surface area contributed by atoms with Crippen LogP contribution in [0.3, 0.4) is 0 Å². The molecule has 0 spiro atoms. The third-order valence-corrected chi connectivity index (χ3v) is 2.64. The molecule has 0 aliphatic carbocycles. The maximum atomic E-state index is 12.0. The zero-order valence-electron chi connectivity index (χ0n) is 13.0. The second kappa shape index (κ2) is 7.04. The molecule has 0 radical (unpaired) electrons. The molecule has 0 unspecified atom stereocenters. The zero-order valence-corrected chi connectivity index (χ0v) is 13.0. The highest BCUT2D eigenvalue weighted by Gasteiger charge is 2.13. The molecule has 0 saturated carbocycles. The van der Waals surface area contributed by atoms with Crippen LogP contribution in [0.25, 0.3) is 10.9 Å². The largest absolute Gasteiger partial charge is 0.352 e. The Balaban J connectivity index is 0.000000956. The van der Waals surface area contributed by atoms with Gasteiger partial charge in [0.15, 0.2) is 0 Å². The minimum absolute atomic E-state index is 0.0318. The summed E-state index contributed by atoms with van der Waals surface area (Å²) in [6.07, 6.45) is 1.75. The van der Waals surface area contributed by atoms with Crippen molar-refractivity contribution in [3.63, 3.8) is 0 Å². The van der Waals surface area contributed by atoms with Crippen LogP contribution in [0.2, 0.25) is 0 Å². The SMILES string of the molecule is CC.CC(C)(C)CNC(=O)c1ccc2ncccc2c1. The number of carbonyl (C=O) groups is 1. The molecule has 0 saturated heterocycles. The third kappa shape index (κ3) is 4.65. The van der Waals surface area contributed by atoms with Gasteiger partial charge in [-0.15, -0.1) is 0 Å². The number of nitrogens with one attached hydrogen (secondary N) is 1. The molecule has 3 heteroatoms. The normalized spacial score (nSPS) is 10.7. The Morgan fingerprint density at radius 2 is 1.90 bits per heavy atom. The first kappa shape index (κ1) is 16.2. The Hall–Kier alpha value is -1.90. The molecule has 0 aliphatic heterocycles. The standard InChI is InChI=1S/C15H18N2O.C2H6/c1-15(2,3)10-17-14(18)12-6-7-13-11(9-12)5-4-8-16-13;1-2/h4-9H,10H2,1-3H3,(H,17,18);1-2H3. The number of fused-ring (bicyclic) bond motifs is 1. The molecule has 1 N–H and O–H groups in total. The summed E-state index contributed by atoms with van der Waals surface area (Å²) in [6.45, 7) is 10.9. The van der Waals surface area contributed by atoms with Crippen LogP contribution in [0.1, 0.15) is 45.0 Å². The lowest BCUT2D eigenvalue weighted by Gasteiger charge is -2.18. The molecule has 0 fully saturated rings. The minimum Gasteiger partial charge on any atom is -0.352 e. The van der Waals surface area contributed by atoms with E-state index in [2.05, 4.69) is 31.1 Å². The van der Waals surface area contributed by atoms with Crippen LogP contribution in [0, 0.1) is 5.41 Å². The van der Waals surface area contributed by atoms with Crippen LogP contribution in [-0.4, -0.2) is 17.4 Å². The van der Waals surface area contributed by atoms with Gasteiger partial charge in [0.1, 0.15) is 0 Å². The van der Waals surface area contributed by atoms with Crippen LogP contribution in [0.4, 0.5) is 0 Å². The van der Waals surface area contributed by atoms with Crippen molar-refractivity contribution in [1.82, 2.24) is 10.3 Å². The fourth-order valence-electron chi connectivity index (χ4n) is 1.66. The molecule has 108 valence electrons. The van der Waals surface area contributed by atoms with E-state index in [1.54, 1.807) is 6.20 Å². The molecule has 2 aromatic rings. The number of rotatable bonds is 2. The van der Waals surface area contributed by atoms with E-state index in [-0.39, 0.29) is 11.3 Å². The highest BCUT2D eigenvalue weighted by atomic mass is 16.1. The Bertz CT molecular complexity index is 570. The predicted octanol–water partition coefficient (Wildman–Crippen LogP) is 4.04.